The normalized spacial score (nSPS) is 32.0. The van der Waals surface area contributed by atoms with Gasteiger partial charge in [-0.2, -0.15) is 0 Å². The number of aliphatic hydroxyl groups is 3. The molecule has 0 amide bonds. The van der Waals surface area contributed by atoms with Gasteiger partial charge in [0.1, 0.15) is 18.3 Å². The lowest BCUT2D eigenvalue weighted by atomic mass is 9.99. The Morgan fingerprint density at radius 1 is 1.19 bits per heavy atom. The molecule has 142 valence electrons. The maximum Gasteiger partial charge on any atom is 0.335 e. The Balaban J connectivity index is 1.66. The van der Waals surface area contributed by atoms with Crippen LogP contribution in [0, 0.1) is 0 Å². The number of benzene rings is 1. The number of guanidine groups is 1. The molecule has 0 radical (unpaired) electrons. The Hall–Kier alpha value is -2.40. The van der Waals surface area contributed by atoms with Crippen LogP contribution in [0.5, 0.6) is 0 Å². The maximum atomic E-state index is 11.1. The molecule has 0 unspecified atom stereocenters. The van der Waals surface area contributed by atoms with Crippen molar-refractivity contribution in [1.82, 2.24) is 4.90 Å². The summed E-state index contributed by atoms with van der Waals surface area (Å²) in [6.45, 7) is 1.14. The minimum absolute atomic E-state index is 0.0304. The van der Waals surface area contributed by atoms with Gasteiger partial charge >= 0.3 is 5.97 Å². The Morgan fingerprint density at radius 3 is 2.58 bits per heavy atom. The number of oxime groups is 1. The Bertz CT molecular complexity index is 698. The van der Waals surface area contributed by atoms with E-state index in [0.29, 0.717) is 13.1 Å². The number of aliphatic hydroxyl groups excluding tert-OH is 3. The van der Waals surface area contributed by atoms with Gasteiger partial charge in [-0.3, -0.25) is 0 Å². The standard InChI is InChI=1S/C16H21N3O7/c17-16(19-6-5-8-3-1-2-4-9(8)7-19)18-26-15-12(22)10(20)11(21)13(25-15)14(23)24/h1-4,10-13,15,20-22H,5-7H2,(H2,17,18)(H,23,24)/t10-,11-,12+,13-,15-/m0/s1. The Kier molecular flexibility index (Phi) is 5.28. The number of ether oxygens (including phenoxy) is 1. The molecular formula is C16H21N3O7. The van der Waals surface area contributed by atoms with Crippen LogP contribution in [0.3, 0.4) is 0 Å². The molecule has 2 heterocycles. The van der Waals surface area contributed by atoms with Crippen LogP contribution in [0.15, 0.2) is 29.4 Å². The fraction of sp³-hybridized carbons (Fsp3) is 0.500. The van der Waals surface area contributed by atoms with E-state index >= 15 is 0 Å². The Labute approximate surface area is 149 Å². The molecule has 2 aliphatic heterocycles. The lowest BCUT2D eigenvalue weighted by molar-refractivity contribution is -0.294. The number of carbonyl (C=O) groups is 1. The summed E-state index contributed by atoms with van der Waals surface area (Å²) >= 11 is 0. The molecule has 3 rings (SSSR count). The van der Waals surface area contributed by atoms with Crippen LogP contribution >= 0.6 is 0 Å². The predicted molar refractivity (Wildman–Crippen MR) is 87.6 cm³/mol. The van der Waals surface area contributed by atoms with E-state index in [4.69, 9.17) is 20.4 Å². The van der Waals surface area contributed by atoms with Crippen LogP contribution in [0.1, 0.15) is 11.1 Å². The zero-order chi connectivity index (χ0) is 18.8. The fourth-order valence-electron chi connectivity index (χ4n) is 2.99. The lowest BCUT2D eigenvalue weighted by Gasteiger charge is -2.37. The maximum absolute atomic E-state index is 11.1. The molecule has 0 saturated carbocycles. The largest absolute Gasteiger partial charge is 0.479 e. The lowest BCUT2D eigenvalue weighted by Crippen LogP contribution is -2.60. The highest BCUT2D eigenvalue weighted by molar-refractivity contribution is 5.77. The molecular weight excluding hydrogens is 346 g/mol. The zero-order valence-corrected chi connectivity index (χ0v) is 13.8. The highest BCUT2D eigenvalue weighted by Gasteiger charge is 2.48. The molecule has 1 fully saturated rings. The van der Waals surface area contributed by atoms with Gasteiger partial charge in [0.15, 0.2) is 6.10 Å². The fourth-order valence-corrected chi connectivity index (χ4v) is 2.99. The van der Waals surface area contributed by atoms with Crippen molar-refractivity contribution >= 4 is 11.9 Å². The number of aliphatic carboxylic acids is 1. The van der Waals surface area contributed by atoms with Crippen molar-refractivity contribution in [2.45, 2.75) is 43.7 Å². The molecule has 1 aromatic rings. The highest BCUT2D eigenvalue weighted by atomic mass is 16.8. The molecule has 1 saturated heterocycles. The number of hydrogen-bond acceptors (Lipinski definition) is 7. The third kappa shape index (κ3) is 3.58. The molecule has 26 heavy (non-hydrogen) atoms. The van der Waals surface area contributed by atoms with E-state index < -0.39 is 36.7 Å². The molecule has 5 atom stereocenters. The van der Waals surface area contributed by atoms with Crippen molar-refractivity contribution in [3.8, 4) is 0 Å². The van der Waals surface area contributed by atoms with Crippen molar-refractivity contribution in [2.75, 3.05) is 6.54 Å². The van der Waals surface area contributed by atoms with Gasteiger partial charge in [0.05, 0.1) is 0 Å². The number of rotatable bonds is 3. The summed E-state index contributed by atoms with van der Waals surface area (Å²) in [6, 6.07) is 7.92. The number of hydrogen-bond donors (Lipinski definition) is 5. The van der Waals surface area contributed by atoms with Crippen molar-refractivity contribution in [2.24, 2.45) is 10.9 Å². The predicted octanol–water partition coefficient (Wildman–Crippen LogP) is -1.82. The van der Waals surface area contributed by atoms with E-state index in [0.717, 1.165) is 12.0 Å². The number of nitrogens with zero attached hydrogens (tertiary/aromatic N) is 2. The summed E-state index contributed by atoms with van der Waals surface area (Å²) in [5.41, 5.74) is 8.24. The van der Waals surface area contributed by atoms with E-state index in [1.54, 1.807) is 4.90 Å². The van der Waals surface area contributed by atoms with E-state index in [1.807, 2.05) is 24.3 Å². The smallest absolute Gasteiger partial charge is 0.335 e. The first kappa shape index (κ1) is 18.4. The average molecular weight is 367 g/mol. The second-order valence-electron chi connectivity index (χ2n) is 6.23. The van der Waals surface area contributed by atoms with E-state index in [1.165, 1.54) is 5.56 Å². The molecule has 0 bridgehead atoms. The van der Waals surface area contributed by atoms with Crippen molar-refractivity contribution in [3.05, 3.63) is 35.4 Å². The molecule has 10 heteroatoms. The van der Waals surface area contributed by atoms with Crippen molar-refractivity contribution in [3.63, 3.8) is 0 Å². The number of fused-ring (bicyclic) bond motifs is 1. The summed E-state index contributed by atoms with van der Waals surface area (Å²) in [5, 5.41) is 42.0. The topological polar surface area (TPSA) is 158 Å². The SMILES string of the molecule is NC(=NO[C@@H]1O[C@H](C(=O)O)[C@@H](O)[C@H](O)[C@H]1O)N1CCc2ccccc2C1. The minimum atomic E-state index is -1.79. The van der Waals surface area contributed by atoms with Gasteiger partial charge in [-0.25, -0.2) is 4.79 Å². The summed E-state index contributed by atoms with van der Waals surface area (Å²) in [7, 11) is 0. The Morgan fingerprint density at radius 2 is 1.88 bits per heavy atom. The summed E-state index contributed by atoms with van der Waals surface area (Å²) < 4.78 is 4.97. The molecule has 10 nitrogen and oxygen atoms in total. The number of carboxylic acid groups (broad SMARTS) is 1. The minimum Gasteiger partial charge on any atom is -0.479 e. The first-order valence-electron chi connectivity index (χ1n) is 8.12. The quantitative estimate of drug-likeness (QED) is 0.236. The van der Waals surface area contributed by atoms with Gasteiger partial charge in [0.25, 0.3) is 6.29 Å². The molecule has 1 aromatic carbocycles. The molecule has 6 N–H and O–H groups in total. The number of nitrogens with two attached hydrogens (primary N) is 1. The first-order chi connectivity index (χ1) is 12.4. The van der Waals surface area contributed by atoms with E-state index in [-0.39, 0.29) is 5.96 Å². The van der Waals surface area contributed by atoms with Gasteiger partial charge in [-0.15, -0.1) is 0 Å². The van der Waals surface area contributed by atoms with E-state index in [2.05, 4.69) is 5.16 Å². The van der Waals surface area contributed by atoms with Crippen LogP contribution in [-0.4, -0.2) is 74.5 Å². The van der Waals surface area contributed by atoms with Gasteiger partial charge in [0.2, 0.25) is 5.96 Å². The van der Waals surface area contributed by atoms with Gasteiger partial charge in [0, 0.05) is 13.1 Å². The van der Waals surface area contributed by atoms with Crippen LogP contribution in [0.4, 0.5) is 0 Å². The van der Waals surface area contributed by atoms with E-state index in [9.17, 15) is 20.1 Å². The molecule has 0 aromatic heterocycles. The van der Waals surface area contributed by atoms with Crippen LogP contribution in [0.25, 0.3) is 0 Å². The highest BCUT2D eigenvalue weighted by Crippen LogP contribution is 2.23. The van der Waals surface area contributed by atoms with Gasteiger partial charge < -0.3 is 40.6 Å². The monoisotopic (exact) mass is 367 g/mol. The summed E-state index contributed by atoms with van der Waals surface area (Å²) in [6.07, 6.45) is -7.78. The molecule has 0 spiro atoms. The molecule has 2 aliphatic rings. The van der Waals surface area contributed by atoms with Crippen LogP contribution in [-0.2, 0) is 27.3 Å². The van der Waals surface area contributed by atoms with Crippen LogP contribution in [0.2, 0.25) is 0 Å². The zero-order valence-electron chi connectivity index (χ0n) is 13.8. The average Bonchev–Trinajstić information content (AvgIpc) is 2.64. The third-order valence-corrected chi connectivity index (χ3v) is 4.52. The molecule has 0 aliphatic carbocycles. The summed E-state index contributed by atoms with van der Waals surface area (Å²) in [4.78, 5) is 17.8. The van der Waals surface area contributed by atoms with Crippen molar-refractivity contribution < 1.29 is 34.8 Å². The second-order valence-corrected chi connectivity index (χ2v) is 6.23. The third-order valence-electron chi connectivity index (χ3n) is 4.52. The number of carboxylic acids is 1. The van der Waals surface area contributed by atoms with Crippen LogP contribution < -0.4 is 5.73 Å². The van der Waals surface area contributed by atoms with Crippen molar-refractivity contribution in [1.29, 1.82) is 0 Å². The van der Waals surface area contributed by atoms with Gasteiger partial charge in [-0.1, -0.05) is 24.3 Å². The van der Waals surface area contributed by atoms with Gasteiger partial charge in [-0.05, 0) is 22.7 Å². The summed E-state index contributed by atoms with van der Waals surface area (Å²) in [5.74, 6) is -1.47. The second kappa shape index (κ2) is 7.46. The first-order valence-corrected chi connectivity index (χ1v) is 8.12.